The Kier molecular flexibility index (Phi) is 8.14. The molecule has 1 fully saturated rings. The zero-order chi connectivity index (χ0) is 25.7. The lowest BCUT2D eigenvalue weighted by Gasteiger charge is -2.27. The Labute approximate surface area is 209 Å². The summed E-state index contributed by atoms with van der Waals surface area (Å²) in [6.07, 6.45) is 6.01. The molecule has 1 saturated carbocycles. The summed E-state index contributed by atoms with van der Waals surface area (Å²) >= 11 is 0. The molecule has 0 atom stereocenters. The van der Waals surface area contributed by atoms with Gasteiger partial charge in [0.05, 0.1) is 12.2 Å². The van der Waals surface area contributed by atoms with Gasteiger partial charge in [0.15, 0.2) is 23.2 Å². The summed E-state index contributed by atoms with van der Waals surface area (Å²) in [7, 11) is 0. The maximum Gasteiger partial charge on any atom is 0.343 e. The van der Waals surface area contributed by atoms with Crippen molar-refractivity contribution in [3.63, 3.8) is 0 Å². The third-order valence-corrected chi connectivity index (χ3v) is 6.69. The van der Waals surface area contributed by atoms with Gasteiger partial charge in [0.25, 0.3) is 0 Å². The summed E-state index contributed by atoms with van der Waals surface area (Å²) in [6.45, 7) is 6.05. The van der Waals surface area contributed by atoms with Gasteiger partial charge in [-0.05, 0) is 66.5 Å². The molecule has 6 heteroatoms. The van der Waals surface area contributed by atoms with Crippen LogP contribution in [0.2, 0.25) is 0 Å². The molecular formula is C30H29F3O3. The number of carbonyl (C=O) groups is 1. The zero-order valence-electron chi connectivity index (χ0n) is 20.2. The lowest BCUT2D eigenvalue weighted by Crippen LogP contribution is -2.13. The smallest absolute Gasteiger partial charge is 0.343 e. The van der Waals surface area contributed by atoms with E-state index in [4.69, 9.17) is 9.47 Å². The van der Waals surface area contributed by atoms with Gasteiger partial charge in [0, 0.05) is 11.6 Å². The summed E-state index contributed by atoms with van der Waals surface area (Å²) in [4.78, 5) is 12.5. The molecule has 0 heterocycles. The Bertz CT molecular complexity index is 1230. The number of hydrogen-bond acceptors (Lipinski definition) is 3. The second-order valence-corrected chi connectivity index (χ2v) is 9.27. The molecule has 3 aromatic carbocycles. The molecule has 0 saturated heterocycles. The molecule has 188 valence electrons. The van der Waals surface area contributed by atoms with E-state index in [0.29, 0.717) is 30.1 Å². The highest BCUT2D eigenvalue weighted by Crippen LogP contribution is 2.38. The summed E-state index contributed by atoms with van der Waals surface area (Å²) < 4.78 is 54.7. The van der Waals surface area contributed by atoms with Gasteiger partial charge < -0.3 is 9.47 Å². The topological polar surface area (TPSA) is 35.5 Å². The molecule has 0 bridgehead atoms. The van der Waals surface area contributed by atoms with Gasteiger partial charge in [-0.3, -0.25) is 0 Å². The average Bonchev–Trinajstić information content (AvgIpc) is 2.88. The van der Waals surface area contributed by atoms with Crippen molar-refractivity contribution in [3.8, 4) is 22.6 Å². The first-order valence-corrected chi connectivity index (χ1v) is 12.2. The fourth-order valence-electron chi connectivity index (χ4n) is 4.54. The third kappa shape index (κ3) is 5.81. The summed E-state index contributed by atoms with van der Waals surface area (Å²) in [5, 5.41) is 0. The fourth-order valence-corrected chi connectivity index (χ4v) is 4.54. The molecule has 3 nitrogen and oxygen atoms in total. The van der Waals surface area contributed by atoms with Crippen molar-refractivity contribution in [2.45, 2.75) is 44.9 Å². The van der Waals surface area contributed by atoms with Crippen molar-refractivity contribution in [3.05, 3.63) is 95.8 Å². The van der Waals surface area contributed by atoms with Crippen molar-refractivity contribution in [2.24, 2.45) is 5.92 Å². The molecular weight excluding hydrogens is 465 g/mol. The fraction of sp³-hybridized carbons (Fsp3) is 0.300. The van der Waals surface area contributed by atoms with E-state index in [1.807, 2.05) is 0 Å². The Hall–Kier alpha value is -3.54. The van der Waals surface area contributed by atoms with Crippen molar-refractivity contribution >= 4 is 5.97 Å². The van der Waals surface area contributed by atoms with Crippen LogP contribution in [0, 0.1) is 23.4 Å². The van der Waals surface area contributed by atoms with Gasteiger partial charge in [-0.15, -0.1) is 6.58 Å². The van der Waals surface area contributed by atoms with E-state index in [1.54, 1.807) is 18.2 Å². The van der Waals surface area contributed by atoms with Crippen LogP contribution in [0.4, 0.5) is 13.2 Å². The molecule has 0 radical (unpaired) electrons. The van der Waals surface area contributed by atoms with Crippen molar-refractivity contribution in [1.29, 1.82) is 0 Å². The van der Waals surface area contributed by atoms with E-state index >= 15 is 0 Å². The van der Waals surface area contributed by atoms with Crippen LogP contribution in [0.5, 0.6) is 11.5 Å². The molecule has 0 unspecified atom stereocenters. The molecule has 0 aromatic heterocycles. The van der Waals surface area contributed by atoms with Crippen LogP contribution >= 0.6 is 0 Å². The largest absolute Gasteiger partial charge is 0.490 e. The lowest BCUT2D eigenvalue weighted by atomic mass is 9.79. The number of esters is 1. The van der Waals surface area contributed by atoms with Crippen LogP contribution in [0.1, 0.15) is 60.9 Å². The van der Waals surface area contributed by atoms with Gasteiger partial charge in [0.1, 0.15) is 5.75 Å². The highest BCUT2D eigenvalue weighted by molar-refractivity contribution is 5.91. The van der Waals surface area contributed by atoms with E-state index in [1.165, 1.54) is 36.4 Å². The van der Waals surface area contributed by atoms with Crippen molar-refractivity contribution in [2.75, 3.05) is 6.61 Å². The number of carbonyl (C=O) groups excluding carboxylic acids is 1. The first kappa shape index (κ1) is 25.5. The molecule has 4 rings (SSSR count). The van der Waals surface area contributed by atoms with E-state index in [9.17, 15) is 18.0 Å². The van der Waals surface area contributed by atoms with Gasteiger partial charge in [-0.25, -0.2) is 18.0 Å². The first-order valence-electron chi connectivity index (χ1n) is 12.2. The quantitative estimate of drug-likeness (QED) is 0.137. The molecule has 0 aliphatic heterocycles. The van der Waals surface area contributed by atoms with E-state index in [-0.39, 0.29) is 28.5 Å². The van der Waals surface area contributed by atoms with E-state index < -0.39 is 23.4 Å². The Morgan fingerprint density at radius 3 is 2.36 bits per heavy atom. The molecule has 0 spiro atoms. The van der Waals surface area contributed by atoms with Gasteiger partial charge in [0.2, 0.25) is 0 Å². The normalized spacial score (nSPS) is 17.4. The predicted molar refractivity (Wildman–Crippen MR) is 134 cm³/mol. The molecule has 36 heavy (non-hydrogen) atoms. The summed E-state index contributed by atoms with van der Waals surface area (Å²) in [6, 6.07) is 13.2. The Morgan fingerprint density at radius 1 is 0.972 bits per heavy atom. The molecule has 1 aliphatic rings. The number of ether oxygens (including phenoxy) is 2. The van der Waals surface area contributed by atoms with Crippen LogP contribution in [0.15, 0.2) is 67.3 Å². The number of hydrogen-bond donors (Lipinski definition) is 0. The van der Waals surface area contributed by atoms with Gasteiger partial charge >= 0.3 is 5.97 Å². The monoisotopic (exact) mass is 494 g/mol. The second kappa shape index (κ2) is 11.5. The minimum atomic E-state index is -0.882. The zero-order valence-corrected chi connectivity index (χ0v) is 20.2. The molecule has 3 aromatic rings. The third-order valence-electron chi connectivity index (χ3n) is 6.69. The number of benzene rings is 3. The second-order valence-electron chi connectivity index (χ2n) is 9.27. The molecule has 1 aliphatic carbocycles. The highest BCUT2D eigenvalue weighted by atomic mass is 19.2. The van der Waals surface area contributed by atoms with Crippen LogP contribution in [-0.2, 0) is 0 Å². The van der Waals surface area contributed by atoms with Crippen LogP contribution < -0.4 is 9.47 Å². The van der Waals surface area contributed by atoms with E-state index in [0.717, 1.165) is 31.7 Å². The van der Waals surface area contributed by atoms with Gasteiger partial charge in [-0.2, -0.15) is 0 Å². The molecule has 0 N–H and O–H groups in total. The summed E-state index contributed by atoms with van der Waals surface area (Å²) in [5.41, 5.74) is 1.21. The number of rotatable bonds is 8. The SMILES string of the molecule is C=CCCOc1ccc(OC(=O)c2ccc(-c3ccc(C4CCC(C)CC4)c(F)c3F)cc2)cc1F. The average molecular weight is 495 g/mol. The maximum atomic E-state index is 15.0. The Morgan fingerprint density at radius 2 is 1.69 bits per heavy atom. The first-order chi connectivity index (χ1) is 17.4. The predicted octanol–water partition coefficient (Wildman–Crippen LogP) is 8.24. The highest BCUT2D eigenvalue weighted by Gasteiger charge is 2.25. The lowest BCUT2D eigenvalue weighted by molar-refractivity contribution is 0.0734. The van der Waals surface area contributed by atoms with Crippen LogP contribution in [-0.4, -0.2) is 12.6 Å². The number of halogens is 3. The maximum absolute atomic E-state index is 15.0. The van der Waals surface area contributed by atoms with Gasteiger partial charge in [-0.1, -0.05) is 50.1 Å². The minimum Gasteiger partial charge on any atom is -0.490 e. The summed E-state index contributed by atoms with van der Waals surface area (Å²) in [5.74, 6) is -2.28. The van der Waals surface area contributed by atoms with Crippen LogP contribution in [0.25, 0.3) is 11.1 Å². The van der Waals surface area contributed by atoms with Crippen molar-refractivity contribution in [1.82, 2.24) is 0 Å². The molecule has 0 amide bonds. The Balaban J connectivity index is 1.44. The minimum absolute atomic E-state index is 0.0263. The van der Waals surface area contributed by atoms with Crippen molar-refractivity contribution < 1.29 is 27.4 Å². The standard InChI is InChI=1S/C30H29F3O3/c1-3-4-17-35-27-16-13-23(18-26(27)31)36-30(34)22-11-9-21(10-12-22)25-15-14-24(28(32)29(25)33)20-7-5-19(2)6-8-20/h3,9-16,18-20H,1,4-8,17H2,2H3. The van der Waals surface area contributed by atoms with Crippen LogP contribution in [0.3, 0.4) is 0 Å². The van der Waals surface area contributed by atoms with E-state index in [2.05, 4.69) is 13.5 Å².